The Morgan fingerprint density at radius 1 is 1.03 bits per heavy atom. The molecule has 4 aromatic rings. The summed E-state index contributed by atoms with van der Waals surface area (Å²) in [5.74, 6) is 0.832. The maximum atomic E-state index is 13.5. The third kappa shape index (κ3) is 3.64. The van der Waals surface area contributed by atoms with Gasteiger partial charge in [0.25, 0.3) is 5.91 Å². The van der Waals surface area contributed by atoms with Crippen LogP contribution in [0.2, 0.25) is 0 Å². The second-order valence-electron chi connectivity index (χ2n) is 7.21. The third-order valence-electron chi connectivity index (χ3n) is 5.38. The molecule has 7 heteroatoms. The van der Waals surface area contributed by atoms with Crippen molar-refractivity contribution < 1.29 is 4.79 Å². The molecule has 30 heavy (non-hydrogen) atoms. The highest BCUT2D eigenvalue weighted by molar-refractivity contribution is 7.98. The van der Waals surface area contributed by atoms with Crippen LogP contribution in [-0.4, -0.2) is 37.1 Å². The number of aromatic amines is 1. The van der Waals surface area contributed by atoms with Crippen molar-refractivity contribution in [3.8, 4) is 0 Å². The Balaban J connectivity index is 1.38. The molecule has 6 nitrogen and oxygen atoms in total. The Labute approximate surface area is 179 Å². The van der Waals surface area contributed by atoms with Gasteiger partial charge >= 0.3 is 0 Å². The molecule has 1 atom stereocenters. The number of benzene rings is 2. The molecular formula is C23H21N5OS. The van der Waals surface area contributed by atoms with Crippen molar-refractivity contribution in [1.82, 2.24) is 24.6 Å². The van der Waals surface area contributed by atoms with E-state index in [9.17, 15) is 4.79 Å². The quantitative estimate of drug-likeness (QED) is 0.498. The summed E-state index contributed by atoms with van der Waals surface area (Å²) < 4.78 is 2.24. The van der Waals surface area contributed by atoms with Crippen LogP contribution in [0.5, 0.6) is 0 Å². The van der Waals surface area contributed by atoms with Crippen LogP contribution in [0.1, 0.15) is 33.2 Å². The lowest BCUT2D eigenvalue weighted by atomic mass is 9.99. The Morgan fingerprint density at radius 3 is 2.63 bits per heavy atom. The average molecular weight is 416 g/mol. The molecule has 0 radical (unpaired) electrons. The van der Waals surface area contributed by atoms with Crippen LogP contribution in [0.3, 0.4) is 0 Å². The van der Waals surface area contributed by atoms with Crippen LogP contribution in [0.25, 0.3) is 0 Å². The van der Waals surface area contributed by atoms with Crippen molar-refractivity contribution in [2.45, 2.75) is 23.5 Å². The molecular weight excluding hydrogens is 394 g/mol. The van der Waals surface area contributed by atoms with Gasteiger partial charge in [0.05, 0.1) is 6.04 Å². The minimum Gasteiger partial charge on any atom is -0.348 e. The number of H-pyrrole nitrogens is 1. The van der Waals surface area contributed by atoms with E-state index < -0.39 is 0 Å². The third-order valence-corrected chi connectivity index (χ3v) is 6.33. The van der Waals surface area contributed by atoms with Gasteiger partial charge in [-0.1, -0.05) is 54.2 Å². The first kappa shape index (κ1) is 18.7. The topological polar surface area (TPSA) is 66.8 Å². The smallest absolute Gasteiger partial charge is 0.254 e. The van der Waals surface area contributed by atoms with E-state index >= 15 is 0 Å². The van der Waals surface area contributed by atoms with Gasteiger partial charge in [0.15, 0.2) is 5.16 Å². The largest absolute Gasteiger partial charge is 0.348 e. The Hall–Kier alpha value is -3.32. The fourth-order valence-corrected chi connectivity index (χ4v) is 4.65. The lowest BCUT2D eigenvalue weighted by Crippen LogP contribution is -2.42. The number of amides is 1. The molecule has 1 aliphatic heterocycles. The van der Waals surface area contributed by atoms with E-state index in [2.05, 4.69) is 50.2 Å². The zero-order valence-corrected chi connectivity index (χ0v) is 17.1. The molecule has 0 saturated carbocycles. The zero-order chi connectivity index (χ0) is 20.3. The summed E-state index contributed by atoms with van der Waals surface area (Å²) >= 11 is 1.59. The highest BCUT2D eigenvalue weighted by Crippen LogP contribution is 2.33. The van der Waals surface area contributed by atoms with Crippen molar-refractivity contribution in [2.24, 2.45) is 0 Å². The van der Waals surface area contributed by atoms with E-state index in [1.54, 1.807) is 11.8 Å². The molecule has 2 aromatic carbocycles. The van der Waals surface area contributed by atoms with Crippen molar-refractivity contribution in [1.29, 1.82) is 0 Å². The van der Waals surface area contributed by atoms with Gasteiger partial charge in [0.2, 0.25) is 0 Å². The summed E-state index contributed by atoms with van der Waals surface area (Å²) in [6.45, 7) is 1.49. The number of nitrogens with one attached hydrogen (secondary N) is 1. The molecule has 3 heterocycles. The summed E-state index contributed by atoms with van der Waals surface area (Å²) in [5.41, 5.74) is 4.14. The number of thioether (sulfide) groups is 1. The highest BCUT2D eigenvalue weighted by atomic mass is 32.2. The first-order chi connectivity index (χ1) is 14.8. The summed E-state index contributed by atoms with van der Waals surface area (Å²) in [7, 11) is 0. The number of carbonyl (C=O) groups excluding carboxylic acids is 1. The van der Waals surface area contributed by atoms with Crippen LogP contribution in [0.4, 0.5) is 0 Å². The molecule has 2 aromatic heterocycles. The van der Waals surface area contributed by atoms with E-state index in [0.29, 0.717) is 12.1 Å². The summed E-state index contributed by atoms with van der Waals surface area (Å²) in [4.78, 5) is 19.6. The molecule has 0 aliphatic carbocycles. The van der Waals surface area contributed by atoms with Crippen molar-refractivity contribution in [3.63, 3.8) is 0 Å². The molecule has 5 rings (SSSR count). The Morgan fingerprint density at radius 2 is 1.87 bits per heavy atom. The SMILES string of the molecule is O=C(c1ccc(CSc2ncn[nH]2)cc1)N1CCn2cccc2C1c1ccccc1. The lowest BCUT2D eigenvalue weighted by molar-refractivity contribution is 0.0664. The number of aromatic nitrogens is 4. The van der Waals surface area contributed by atoms with Gasteiger partial charge in [-0.25, -0.2) is 4.98 Å². The molecule has 1 amide bonds. The maximum absolute atomic E-state index is 13.5. The van der Waals surface area contributed by atoms with E-state index in [0.717, 1.165) is 34.3 Å². The van der Waals surface area contributed by atoms with Crippen LogP contribution in [-0.2, 0) is 12.3 Å². The lowest BCUT2D eigenvalue weighted by Gasteiger charge is -2.37. The molecule has 0 saturated heterocycles. The number of fused-ring (bicyclic) bond motifs is 1. The predicted octanol–water partition coefficient (Wildman–Crippen LogP) is 4.14. The fraction of sp³-hybridized carbons (Fsp3) is 0.174. The monoisotopic (exact) mass is 415 g/mol. The highest BCUT2D eigenvalue weighted by Gasteiger charge is 2.32. The summed E-state index contributed by atoms with van der Waals surface area (Å²) in [5, 5.41) is 7.49. The number of hydrogen-bond donors (Lipinski definition) is 1. The van der Waals surface area contributed by atoms with Gasteiger partial charge in [-0.2, -0.15) is 5.10 Å². The predicted molar refractivity (Wildman–Crippen MR) is 116 cm³/mol. The first-order valence-electron chi connectivity index (χ1n) is 9.87. The number of nitrogens with zero attached hydrogens (tertiary/aromatic N) is 4. The van der Waals surface area contributed by atoms with Gasteiger partial charge < -0.3 is 9.47 Å². The van der Waals surface area contributed by atoms with Gasteiger partial charge in [-0.15, -0.1) is 0 Å². The summed E-state index contributed by atoms with van der Waals surface area (Å²) in [6.07, 6.45) is 3.59. The Kier molecular flexibility index (Phi) is 5.11. The van der Waals surface area contributed by atoms with E-state index in [1.165, 1.54) is 6.33 Å². The van der Waals surface area contributed by atoms with Crippen LogP contribution < -0.4 is 0 Å². The van der Waals surface area contributed by atoms with Gasteiger partial charge in [0.1, 0.15) is 6.33 Å². The molecule has 0 bridgehead atoms. The second-order valence-corrected chi connectivity index (χ2v) is 8.18. The normalized spacial score (nSPS) is 15.7. The summed E-state index contributed by atoms with van der Waals surface area (Å²) in [6, 6.07) is 22.2. The van der Waals surface area contributed by atoms with E-state index in [4.69, 9.17) is 0 Å². The van der Waals surface area contributed by atoms with Crippen molar-refractivity contribution in [3.05, 3.63) is 102 Å². The number of rotatable bonds is 5. The second kappa shape index (κ2) is 8.20. The molecule has 1 aliphatic rings. The van der Waals surface area contributed by atoms with Crippen molar-refractivity contribution >= 4 is 17.7 Å². The zero-order valence-electron chi connectivity index (χ0n) is 16.3. The van der Waals surface area contributed by atoms with Gasteiger partial charge in [0, 0.05) is 36.3 Å². The Bertz CT molecular complexity index is 1120. The fourth-order valence-electron chi connectivity index (χ4n) is 3.91. The van der Waals surface area contributed by atoms with Crippen LogP contribution in [0.15, 0.2) is 84.4 Å². The molecule has 1 N–H and O–H groups in total. The van der Waals surface area contributed by atoms with Gasteiger partial charge in [-0.05, 0) is 35.4 Å². The minimum absolute atomic E-state index is 0.0609. The van der Waals surface area contributed by atoms with E-state index in [-0.39, 0.29) is 11.9 Å². The molecule has 0 spiro atoms. The van der Waals surface area contributed by atoms with E-state index in [1.807, 2.05) is 47.4 Å². The molecule has 150 valence electrons. The molecule has 0 fully saturated rings. The van der Waals surface area contributed by atoms with Crippen LogP contribution in [0, 0.1) is 0 Å². The molecule has 1 unspecified atom stereocenters. The first-order valence-corrected chi connectivity index (χ1v) is 10.9. The standard InChI is InChI=1S/C23H21N5OS/c29-22(19-10-8-17(9-11-19)15-30-23-24-16-25-26-23)28-14-13-27-12-4-7-20(27)21(28)18-5-2-1-3-6-18/h1-12,16,21H,13-15H2,(H,24,25,26). The van der Waals surface area contributed by atoms with Crippen molar-refractivity contribution in [2.75, 3.05) is 6.54 Å². The maximum Gasteiger partial charge on any atom is 0.254 e. The minimum atomic E-state index is -0.0795. The number of carbonyl (C=O) groups is 1. The average Bonchev–Trinajstić information content (AvgIpc) is 3.49. The van der Waals surface area contributed by atoms with Gasteiger partial charge in [-0.3, -0.25) is 9.89 Å². The van der Waals surface area contributed by atoms with Crippen LogP contribution >= 0.6 is 11.8 Å². The number of hydrogen-bond acceptors (Lipinski definition) is 4.